The van der Waals surface area contributed by atoms with Crippen molar-refractivity contribution in [2.24, 2.45) is 0 Å². The summed E-state index contributed by atoms with van der Waals surface area (Å²) < 4.78 is 21.2. The molecule has 1 aromatic rings. The third kappa shape index (κ3) is 3.47. The van der Waals surface area contributed by atoms with Crippen molar-refractivity contribution in [1.82, 2.24) is 0 Å². The Hall–Kier alpha value is -2.70. The Morgan fingerprint density at radius 2 is 1.58 bits per heavy atom. The fraction of sp³-hybridized carbons (Fsp3) is 0.474. The normalized spacial score (nSPS) is 19.1. The molecule has 0 amide bonds. The molecule has 7 nitrogen and oxygen atoms in total. The Labute approximate surface area is 152 Å². The molecule has 0 N–H and O–H groups in total. The first kappa shape index (κ1) is 18.1. The number of ether oxygens (including phenoxy) is 4. The van der Waals surface area contributed by atoms with Crippen molar-refractivity contribution in [3.63, 3.8) is 0 Å². The zero-order chi connectivity index (χ0) is 18.9. The molecule has 2 saturated heterocycles. The van der Waals surface area contributed by atoms with Crippen molar-refractivity contribution < 1.29 is 28.5 Å². The van der Waals surface area contributed by atoms with E-state index in [1.165, 1.54) is 27.0 Å². The van der Waals surface area contributed by atoms with Crippen LogP contribution >= 0.6 is 0 Å². The molecule has 0 saturated carbocycles. The Morgan fingerprint density at radius 1 is 1.00 bits per heavy atom. The first-order valence-corrected chi connectivity index (χ1v) is 8.54. The molecule has 0 bridgehead atoms. The number of hydrogen-bond acceptors (Lipinski definition) is 7. The van der Waals surface area contributed by atoms with Crippen LogP contribution in [0, 0.1) is 0 Å². The Balaban J connectivity index is 2.02. The van der Waals surface area contributed by atoms with Gasteiger partial charge < -0.3 is 23.8 Å². The molecule has 3 rings (SSSR count). The van der Waals surface area contributed by atoms with Crippen molar-refractivity contribution in [3.8, 4) is 11.5 Å². The minimum Gasteiger partial charge on any atom is -0.496 e. The fourth-order valence-electron chi connectivity index (χ4n) is 3.16. The third-order valence-corrected chi connectivity index (χ3v) is 4.39. The van der Waals surface area contributed by atoms with Gasteiger partial charge >= 0.3 is 11.9 Å². The van der Waals surface area contributed by atoms with Crippen molar-refractivity contribution in [2.45, 2.75) is 32.5 Å². The second kappa shape index (κ2) is 6.90. The van der Waals surface area contributed by atoms with E-state index in [2.05, 4.69) is 4.90 Å². The number of esters is 2. The number of rotatable bonds is 4. The number of cyclic esters (lactones) is 2. The number of methoxy groups -OCH3 is 2. The average molecular weight is 361 g/mol. The summed E-state index contributed by atoms with van der Waals surface area (Å²) in [4.78, 5) is 26.6. The van der Waals surface area contributed by atoms with Gasteiger partial charge in [0, 0.05) is 38.6 Å². The topological polar surface area (TPSA) is 74.3 Å². The molecule has 2 heterocycles. The van der Waals surface area contributed by atoms with Crippen molar-refractivity contribution >= 4 is 23.7 Å². The van der Waals surface area contributed by atoms with Gasteiger partial charge in [0.1, 0.15) is 17.1 Å². The molecule has 2 aliphatic rings. The lowest BCUT2D eigenvalue weighted by atomic mass is 10.1. The van der Waals surface area contributed by atoms with Crippen molar-refractivity contribution in [1.29, 1.82) is 0 Å². The van der Waals surface area contributed by atoms with E-state index in [1.54, 1.807) is 13.2 Å². The zero-order valence-corrected chi connectivity index (χ0v) is 15.5. The maximum atomic E-state index is 12.2. The highest BCUT2D eigenvalue weighted by Crippen LogP contribution is 2.38. The monoisotopic (exact) mass is 361 g/mol. The van der Waals surface area contributed by atoms with Crippen molar-refractivity contribution in [2.75, 3.05) is 32.2 Å². The van der Waals surface area contributed by atoms with Gasteiger partial charge in [0.2, 0.25) is 0 Å². The van der Waals surface area contributed by atoms with Gasteiger partial charge in [-0.1, -0.05) is 0 Å². The van der Waals surface area contributed by atoms with Gasteiger partial charge in [0.05, 0.1) is 19.9 Å². The quantitative estimate of drug-likeness (QED) is 0.463. The Kier molecular flexibility index (Phi) is 4.80. The molecule has 2 aliphatic heterocycles. The first-order valence-electron chi connectivity index (χ1n) is 8.54. The van der Waals surface area contributed by atoms with E-state index >= 15 is 0 Å². The summed E-state index contributed by atoms with van der Waals surface area (Å²) in [6, 6.07) is 3.61. The van der Waals surface area contributed by atoms with Gasteiger partial charge in [0.15, 0.2) is 0 Å². The second-order valence-electron chi connectivity index (χ2n) is 6.70. The van der Waals surface area contributed by atoms with E-state index in [0.29, 0.717) is 17.1 Å². The molecule has 0 spiro atoms. The van der Waals surface area contributed by atoms with E-state index in [4.69, 9.17) is 18.9 Å². The Morgan fingerprint density at radius 3 is 2.12 bits per heavy atom. The summed E-state index contributed by atoms with van der Waals surface area (Å²) in [7, 11) is 3.13. The first-order chi connectivity index (χ1) is 12.3. The number of carbonyl (C=O) groups excluding carboxylic acids is 2. The number of hydrogen-bond donors (Lipinski definition) is 0. The SMILES string of the molecule is COc1cc(N2CCCC2)c(OC)cc1C=C1C(=O)OC(C)(C)OC1=O. The summed E-state index contributed by atoms with van der Waals surface area (Å²) in [5, 5.41) is 0. The number of nitrogens with zero attached hydrogens (tertiary/aromatic N) is 1. The van der Waals surface area contributed by atoms with E-state index in [0.717, 1.165) is 31.6 Å². The van der Waals surface area contributed by atoms with Crippen LogP contribution in [0.2, 0.25) is 0 Å². The number of benzene rings is 1. The number of carbonyl (C=O) groups is 2. The smallest absolute Gasteiger partial charge is 0.348 e. The molecule has 0 atom stereocenters. The summed E-state index contributed by atoms with van der Waals surface area (Å²) in [6.07, 6.45) is 3.67. The molecule has 0 aromatic heterocycles. The molecule has 0 unspecified atom stereocenters. The van der Waals surface area contributed by atoms with Crippen LogP contribution in [-0.4, -0.2) is 45.0 Å². The predicted molar refractivity (Wildman–Crippen MR) is 95.2 cm³/mol. The van der Waals surface area contributed by atoms with Gasteiger partial charge in [-0.3, -0.25) is 0 Å². The van der Waals surface area contributed by atoms with Crippen LogP contribution in [0.25, 0.3) is 6.08 Å². The number of anilines is 1. The summed E-state index contributed by atoms with van der Waals surface area (Å²) in [5.74, 6) is -1.54. The lowest BCUT2D eigenvalue weighted by Gasteiger charge is -2.30. The van der Waals surface area contributed by atoms with Gasteiger partial charge in [-0.05, 0) is 25.0 Å². The second-order valence-corrected chi connectivity index (χ2v) is 6.70. The lowest BCUT2D eigenvalue weighted by Crippen LogP contribution is -2.41. The maximum Gasteiger partial charge on any atom is 0.348 e. The Bertz CT molecular complexity index is 740. The minimum atomic E-state index is -1.27. The van der Waals surface area contributed by atoms with E-state index < -0.39 is 17.7 Å². The fourth-order valence-corrected chi connectivity index (χ4v) is 3.16. The van der Waals surface area contributed by atoms with Gasteiger partial charge in [-0.25, -0.2) is 9.59 Å². The predicted octanol–water partition coefficient (Wildman–Crippen LogP) is 2.52. The molecular weight excluding hydrogens is 338 g/mol. The van der Waals surface area contributed by atoms with Crippen LogP contribution in [0.3, 0.4) is 0 Å². The van der Waals surface area contributed by atoms with E-state index in [-0.39, 0.29) is 5.57 Å². The largest absolute Gasteiger partial charge is 0.496 e. The van der Waals surface area contributed by atoms with Crippen LogP contribution in [0.4, 0.5) is 5.69 Å². The van der Waals surface area contributed by atoms with Crippen LogP contribution < -0.4 is 14.4 Å². The van der Waals surface area contributed by atoms with E-state index in [9.17, 15) is 9.59 Å². The molecule has 26 heavy (non-hydrogen) atoms. The third-order valence-electron chi connectivity index (χ3n) is 4.39. The highest BCUT2D eigenvalue weighted by molar-refractivity contribution is 6.19. The molecular formula is C19H23NO6. The van der Waals surface area contributed by atoms with Crippen LogP contribution in [0.15, 0.2) is 17.7 Å². The molecule has 1 aromatic carbocycles. The zero-order valence-electron chi connectivity index (χ0n) is 15.5. The molecule has 0 radical (unpaired) electrons. The van der Waals surface area contributed by atoms with Crippen molar-refractivity contribution in [3.05, 3.63) is 23.3 Å². The van der Waals surface area contributed by atoms with Crippen LogP contribution in [0.5, 0.6) is 11.5 Å². The van der Waals surface area contributed by atoms with Gasteiger partial charge in [-0.15, -0.1) is 0 Å². The molecule has 140 valence electrons. The minimum absolute atomic E-state index is 0.182. The highest BCUT2D eigenvalue weighted by Gasteiger charge is 2.39. The standard InChI is InChI=1S/C19H23NO6/c1-19(2)25-17(21)13(18(22)26-19)9-12-10-16(24-4)14(11-15(12)23-3)20-7-5-6-8-20/h9-11H,5-8H2,1-4H3. The lowest BCUT2D eigenvalue weighted by molar-refractivity contribution is -0.222. The molecule has 2 fully saturated rings. The summed E-state index contributed by atoms with van der Waals surface area (Å²) >= 11 is 0. The highest BCUT2D eigenvalue weighted by atomic mass is 16.7. The maximum absolute atomic E-state index is 12.2. The average Bonchev–Trinajstić information content (AvgIpc) is 3.11. The van der Waals surface area contributed by atoms with Crippen LogP contribution in [0.1, 0.15) is 32.3 Å². The molecule has 0 aliphatic carbocycles. The van der Waals surface area contributed by atoms with Gasteiger partial charge in [0.25, 0.3) is 5.79 Å². The van der Waals surface area contributed by atoms with Gasteiger partial charge in [-0.2, -0.15) is 0 Å². The van der Waals surface area contributed by atoms with E-state index in [1.807, 2.05) is 6.07 Å². The molecule has 7 heteroatoms. The summed E-state index contributed by atoms with van der Waals surface area (Å²) in [6.45, 7) is 4.92. The van der Waals surface area contributed by atoms with Crippen LogP contribution in [-0.2, 0) is 19.1 Å². The summed E-state index contributed by atoms with van der Waals surface area (Å²) in [5.41, 5.74) is 1.29.